The molecular weight excluding hydrogens is 476 g/mol. The van der Waals surface area contributed by atoms with Crippen LogP contribution in [0.2, 0.25) is 0 Å². The molecule has 36 heavy (non-hydrogen) atoms. The molecular formula is C28H30N2O5S. The molecule has 0 saturated carbocycles. The van der Waals surface area contributed by atoms with Crippen molar-refractivity contribution in [3.05, 3.63) is 90.1 Å². The number of ether oxygens (including phenoxy) is 3. The second kappa shape index (κ2) is 10.5. The van der Waals surface area contributed by atoms with Gasteiger partial charge in [0.2, 0.25) is 0 Å². The highest BCUT2D eigenvalue weighted by molar-refractivity contribution is 7.07. The Hall–Kier alpha value is -3.65. The molecule has 0 N–H and O–H groups in total. The van der Waals surface area contributed by atoms with Gasteiger partial charge in [0, 0.05) is 0 Å². The third-order valence-corrected chi connectivity index (χ3v) is 6.83. The quantitative estimate of drug-likeness (QED) is 0.454. The molecule has 2 heterocycles. The second-order valence-electron chi connectivity index (χ2n) is 8.76. The fourth-order valence-electron chi connectivity index (χ4n) is 4.19. The van der Waals surface area contributed by atoms with E-state index in [1.807, 2.05) is 69.3 Å². The Bertz CT molecular complexity index is 1500. The molecule has 0 fully saturated rings. The van der Waals surface area contributed by atoms with Gasteiger partial charge in [-0.1, -0.05) is 29.5 Å². The Labute approximate surface area is 214 Å². The molecule has 0 unspecified atom stereocenters. The van der Waals surface area contributed by atoms with E-state index in [0.29, 0.717) is 20.6 Å². The van der Waals surface area contributed by atoms with E-state index in [1.165, 1.54) is 11.3 Å². The number of nitrogens with zero attached hydrogens (tertiary/aromatic N) is 2. The first-order chi connectivity index (χ1) is 17.2. The number of carbonyl (C=O) groups is 1. The van der Waals surface area contributed by atoms with Gasteiger partial charge >= 0.3 is 5.97 Å². The number of thiazole rings is 1. The number of esters is 1. The van der Waals surface area contributed by atoms with E-state index < -0.39 is 12.0 Å². The lowest BCUT2D eigenvalue weighted by atomic mass is 9.96. The predicted molar refractivity (Wildman–Crippen MR) is 140 cm³/mol. The van der Waals surface area contributed by atoms with E-state index in [9.17, 15) is 9.59 Å². The number of benzene rings is 2. The van der Waals surface area contributed by atoms with Crippen LogP contribution in [0.25, 0.3) is 6.08 Å². The summed E-state index contributed by atoms with van der Waals surface area (Å²) in [6, 6.07) is 12.5. The van der Waals surface area contributed by atoms with Gasteiger partial charge in [0.05, 0.1) is 41.7 Å². The first-order valence-electron chi connectivity index (χ1n) is 11.8. The van der Waals surface area contributed by atoms with Crippen LogP contribution in [0.5, 0.6) is 11.5 Å². The lowest BCUT2D eigenvalue weighted by Crippen LogP contribution is -2.39. The first-order valence-corrected chi connectivity index (χ1v) is 12.7. The minimum absolute atomic E-state index is 0.0344. The van der Waals surface area contributed by atoms with E-state index in [4.69, 9.17) is 14.2 Å². The van der Waals surface area contributed by atoms with E-state index in [2.05, 4.69) is 4.99 Å². The summed E-state index contributed by atoms with van der Waals surface area (Å²) in [6.07, 6.45) is 1.89. The molecule has 188 valence electrons. The van der Waals surface area contributed by atoms with Crippen molar-refractivity contribution in [3.8, 4) is 11.5 Å². The minimum atomic E-state index is -0.660. The zero-order valence-electron chi connectivity index (χ0n) is 21.3. The van der Waals surface area contributed by atoms with Gasteiger partial charge in [0.1, 0.15) is 11.5 Å². The molecule has 0 spiro atoms. The summed E-state index contributed by atoms with van der Waals surface area (Å²) < 4.78 is 18.6. The number of aryl methyl sites for hydroxylation is 1. The largest absolute Gasteiger partial charge is 0.497 e. The highest BCUT2D eigenvalue weighted by Crippen LogP contribution is 2.31. The van der Waals surface area contributed by atoms with Gasteiger partial charge < -0.3 is 14.2 Å². The van der Waals surface area contributed by atoms with Crippen molar-refractivity contribution in [2.45, 2.75) is 46.8 Å². The highest BCUT2D eigenvalue weighted by atomic mass is 32.1. The third kappa shape index (κ3) is 4.99. The summed E-state index contributed by atoms with van der Waals surface area (Å²) in [4.78, 5) is 31.9. The van der Waals surface area contributed by atoms with Crippen molar-refractivity contribution in [1.29, 1.82) is 0 Å². The van der Waals surface area contributed by atoms with Gasteiger partial charge in [-0.05, 0) is 81.7 Å². The van der Waals surface area contributed by atoms with Crippen LogP contribution in [0.3, 0.4) is 0 Å². The molecule has 7 nitrogen and oxygen atoms in total. The molecule has 0 amide bonds. The van der Waals surface area contributed by atoms with Crippen molar-refractivity contribution < 1.29 is 19.0 Å². The SMILES string of the molecule is CCOC(=O)C1=C(C)N=c2s/c(=C\c3ccc(OC)cc3C)c(=O)n2[C@@H]1c1ccc(OC(C)C)cc1. The molecule has 4 rings (SSSR count). The molecule has 0 saturated heterocycles. The molecule has 0 radical (unpaired) electrons. The fourth-order valence-corrected chi connectivity index (χ4v) is 5.22. The van der Waals surface area contributed by atoms with Crippen molar-refractivity contribution in [2.75, 3.05) is 13.7 Å². The molecule has 2 aromatic carbocycles. The van der Waals surface area contributed by atoms with Crippen LogP contribution in [0, 0.1) is 6.92 Å². The maximum Gasteiger partial charge on any atom is 0.338 e. The van der Waals surface area contributed by atoms with E-state index in [-0.39, 0.29) is 18.3 Å². The number of hydrogen-bond acceptors (Lipinski definition) is 7. The smallest absolute Gasteiger partial charge is 0.338 e. The maximum absolute atomic E-state index is 13.7. The number of fused-ring (bicyclic) bond motifs is 1. The summed E-state index contributed by atoms with van der Waals surface area (Å²) in [7, 11) is 1.62. The average Bonchev–Trinajstić information content (AvgIpc) is 3.14. The standard InChI is InChI=1S/C28H30N2O5S/c1-7-34-27(32)24-18(5)29-28-30(25(24)19-8-11-21(12-9-19)35-16(2)3)26(31)23(36-28)15-20-10-13-22(33-6)14-17(20)4/h8-16,25H,7H2,1-6H3/b23-15-/t25-/m1/s1. The van der Waals surface area contributed by atoms with E-state index >= 15 is 0 Å². The van der Waals surface area contributed by atoms with Crippen molar-refractivity contribution in [1.82, 2.24) is 4.57 Å². The number of allylic oxidation sites excluding steroid dienone is 1. The Morgan fingerprint density at radius 2 is 1.83 bits per heavy atom. The molecule has 1 aliphatic heterocycles. The van der Waals surface area contributed by atoms with Gasteiger partial charge in [-0.3, -0.25) is 9.36 Å². The highest BCUT2D eigenvalue weighted by Gasteiger charge is 2.33. The van der Waals surface area contributed by atoms with Crippen LogP contribution in [0.15, 0.2) is 63.5 Å². The summed E-state index contributed by atoms with van der Waals surface area (Å²) in [5, 5.41) is 0. The van der Waals surface area contributed by atoms with E-state index in [1.54, 1.807) is 25.5 Å². The Morgan fingerprint density at radius 3 is 2.44 bits per heavy atom. The second-order valence-corrected chi connectivity index (χ2v) is 9.77. The minimum Gasteiger partial charge on any atom is -0.497 e. The zero-order chi connectivity index (χ0) is 26.0. The van der Waals surface area contributed by atoms with Crippen LogP contribution in [0.4, 0.5) is 0 Å². The summed E-state index contributed by atoms with van der Waals surface area (Å²) in [5.41, 5.74) is 3.35. The van der Waals surface area contributed by atoms with Crippen molar-refractivity contribution in [2.24, 2.45) is 4.99 Å². The number of hydrogen-bond donors (Lipinski definition) is 0. The number of rotatable bonds is 7. The van der Waals surface area contributed by atoms with Crippen LogP contribution in [-0.4, -0.2) is 30.4 Å². The average molecular weight is 507 g/mol. The molecule has 1 atom stereocenters. The number of methoxy groups -OCH3 is 1. The van der Waals surface area contributed by atoms with Crippen LogP contribution >= 0.6 is 11.3 Å². The number of carbonyl (C=O) groups excluding carboxylic acids is 1. The fraction of sp³-hybridized carbons (Fsp3) is 0.321. The van der Waals surface area contributed by atoms with Gasteiger partial charge in [-0.2, -0.15) is 0 Å². The zero-order valence-corrected chi connectivity index (χ0v) is 22.1. The topological polar surface area (TPSA) is 79.1 Å². The van der Waals surface area contributed by atoms with Crippen molar-refractivity contribution in [3.63, 3.8) is 0 Å². The van der Waals surface area contributed by atoms with Crippen LogP contribution in [-0.2, 0) is 9.53 Å². The molecule has 3 aromatic rings. The molecule has 0 bridgehead atoms. The van der Waals surface area contributed by atoms with Gasteiger partial charge in [-0.15, -0.1) is 0 Å². The Morgan fingerprint density at radius 1 is 1.14 bits per heavy atom. The summed E-state index contributed by atoms with van der Waals surface area (Å²) in [6.45, 7) is 9.65. The Kier molecular flexibility index (Phi) is 7.45. The van der Waals surface area contributed by atoms with Crippen LogP contribution in [0.1, 0.15) is 50.4 Å². The lowest BCUT2D eigenvalue weighted by Gasteiger charge is -2.25. The van der Waals surface area contributed by atoms with Gasteiger partial charge in [0.25, 0.3) is 5.56 Å². The molecule has 0 aliphatic carbocycles. The normalized spacial score (nSPS) is 15.5. The Balaban J connectivity index is 1.89. The summed E-state index contributed by atoms with van der Waals surface area (Å²) >= 11 is 1.30. The monoisotopic (exact) mass is 506 g/mol. The lowest BCUT2D eigenvalue weighted by molar-refractivity contribution is -0.139. The third-order valence-electron chi connectivity index (χ3n) is 5.85. The predicted octanol–water partition coefficient (Wildman–Crippen LogP) is 3.90. The molecule has 1 aromatic heterocycles. The van der Waals surface area contributed by atoms with Crippen LogP contribution < -0.4 is 24.4 Å². The first kappa shape index (κ1) is 25.4. The van der Waals surface area contributed by atoms with Crippen molar-refractivity contribution >= 4 is 23.4 Å². The number of aromatic nitrogens is 1. The molecule has 8 heteroatoms. The summed E-state index contributed by atoms with van der Waals surface area (Å²) in [5.74, 6) is 0.992. The maximum atomic E-state index is 13.7. The van der Waals surface area contributed by atoms with Gasteiger partial charge in [-0.25, -0.2) is 9.79 Å². The van der Waals surface area contributed by atoms with E-state index in [0.717, 1.165) is 28.2 Å². The molecule has 1 aliphatic rings. The van der Waals surface area contributed by atoms with Gasteiger partial charge in [0.15, 0.2) is 4.80 Å².